The minimum absolute atomic E-state index is 0.254. The molecule has 0 saturated heterocycles. The second-order valence-corrected chi connectivity index (χ2v) is 8.03. The zero-order valence-electron chi connectivity index (χ0n) is 15.0. The van der Waals surface area contributed by atoms with Crippen LogP contribution in [0, 0.1) is 6.92 Å². The van der Waals surface area contributed by atoms with Gasteiger partial charge in [0, 0.05) is 6.20 Å². The van der Waals surface area contributed by atoms with E-state index in [4.69, 9.17) is 0 Å². The van der Waals surface area contributed by atoms with E-state index in [2.05, 4.69) is 16.7 Å². The van der Waals surface area contributed by atoms with Crippen LogP contribution in [0.4, 0.5) is 5.69 Å². The van der Waals surface area contributed by atoms with Gasteiger partial charge in [0.15, 0.2) is 0 Å². The molecule has 0 bridgehead atoms. The minimum atomic E-state index is -3.62. The fourth-order valence-electron chi connectivity index (χ4n) is 2.80. The van der Waals surface area contributed by atoms with Gasteiger partial charge >= 0.3 is 0 Å². The summed E-state index contributed by atoms with van der Waals surface area (Å²) in [6.45, 7) is 4.74. The van der Waals surface area contributed by atoms with E-state index in [0.29, 0.717) is 12.2 Å². The fourth-order valence-corrected chi connectivity index (χ4v) is 3.83. The monoisotopic (exact) mass is 369 g/mol. The minimum Gasteiger partial charge on any atom is -0.276 e. The first kappa shape index (κ1) is 18.2. The lowest BCUT2D eigenvalue weighted by molar-refractivity contribution is 0.601. The molecule has 0 unspecified atom stereocenters. The van der Waals surface area contributed by atoms with E-state index < -0.39 is 10.0 Å². The summed E-state index contributed by atoms with van der Waals surface area (Å²) in [5, 5.41) is 4.26. The molecule has 0 radical (unpaired) electrons. The number of hydrogen-bond donors (Lipinski definition) is 1. The van der Waals surface area contributed by atoms with Crippen molar-refractivity contribution in [3.63, 3.8) is 0 Å². The van der Waals surface area contributed by atoms with Crippen molar-refractivity contribution in [2.75, 3.05) is 4.72 Å². The second-order valence-electron chi connectivity index (χ2n) is 6.35. The zero-order chi connectivity index (χ0) is 18.6. The molecule has 0 aliphatic heterocycles. The number of rotatable bonds is 7. The standard InChI is InChI=1S/C20H23N3O2S/c1-3-6-17-9-11-20(12-10-17)26(24,25)22-19-13-21-23(15-19)14-18-8-5-4-7-16(18)2/h4-5,7-13,15,22H,3,6,14H2,1-2H3. The molecule has 0 amide bonds. The average Bonchev–Trinajstić information content (AvgIpc) is 3.04. The molecule has 5 nitrogen and oxygen atoms in total. The molecule has 0 spiro atoms. The molecule has 0 saturated carbocycles. The van der Waals surface area contributed by atoms with E-state index in [-0.39, 0.29) is 4.90 Å². The summed E-state index contributed by atoms with van der Waals surface area (Å²) < 4.78 is 29.4. The normalized spacial score (nSPS) is 11.5. The summed E-state index contributed by atoms with van der Waals surface area (Å²) in [7, 11) is -3.62. The molecule has 6 heteroatoms. The van der Waals surface area contributed by atoms with Gasteiger partial charge in [-0.25, -0.2) is 8.42 Å². The number of anilines is 1. The topological polar surface area (TPSA) is 64.0 Å². The largest absolute Gasteiger partial charge is 0.276 e. The van der Waals surface area contributed by atoms with Gasteiger partial charge in [0.05, 0.1) is 23.3 Å². The molecule has 3 aromatic rings. The van der Waals surface area contributed by atoms with E-state index in [1.807, 2.05) is 43.3 Å². The van der Waals surface area contributed by atoms with Crippen molar-refractivity contribution < 1.29 is 8.42 Å². The number of benzene rings is 2. The van der Waals surface area contributed by atoms with E-state index >= 15 is 0 Å². The number of aromatic nitrogens is 2. The Kier molecular flexibility index (Phi) is 5.42. The third kappa shape index (κ3) is 4.32. The maximum Gasteiger partial charge on any atom is 0.261 e. The number of sulfonamides is 1. The van der Waals surface area contributed by atoms with Gasteiger partial charge in [-0.3, -0.25) is 9.40 Å². The predicted octanol–water partition coefficient (Wildman–Crippen LogP) is 3.99. The van der Waals surface area contributed by atoms with Crippen LogP contribution in [0.15, 0.2) is 65.8 Å². The Morgan fingerprint density at radius 3 is 2.50 bits per heavy atom. The lowest BCUT2D eigenvalue weighted by Gasteiger charge is -2.07. The molecule has 2 aromatic carbocycles. The summed E-state index contributed by atoms with van der Waals surface area (Å²) in [6, 6.07) is 15.1. The number of hydrogen-bond acceptors (Lipinski definition) is 3. The highest BCUT2D eigenvalue weighted by Crippen LogP contribution is 2.17. The summed E-state index contributed by atoms with van der Waals surface area (Å²) in [6.07, 6.45) is 5.21. The van der Waals surface area contributed by atoms with Crippen LogP contribution in [0.2, 0.25) is 0 Å². The lowest BCUT2D eigenvalue weighted by Crippen LogP contribution is -2.12. The first-order valence-corrected chi connectivity index (χ1v) is 10.1. The van der Waals surface area contributed by atoms with Crippen LogP contribution in [0.25, 0.3) is 0 Å². The third-order valence-corrected chi connectivity index (χ3v) is 5.65. The average molecular weight is 369 g/mol. The Morgan fingerprint density at radius 1 is 1.08 bits per heavy atom. The maximum atomic E-state index is 12.5. The van der Waals surface area contributed by atoms with Gasteiger partial charge in [-0.2, -0.15) is 5.10 Å². The number of aryl methyl sites for hydroxylation is 2. The Labute approximate surface area is 154 Å². The summed E-state index contributed by atoms with van der Waals surface area (Å²) in [5.41, 5.74) is 3.92. The predicted molar refractivity (Wildman–Crippen MR) is 104 cm³/mol. The highest BCUT2D eigenvalue weighted by Gasteiger charge is 2.15. The molecule has 3 rings (SSSR count). The molecular formula is C20H23N3O2S. The van der Waals surface area contributed by atoms with Crippen LogP contribution in [-0.4, -0.2) is 18.2 Å². The molecule has 0 atom stereocenters. The molecule has 0 aliphatic carbocycles. The van der Waals surface area contributed by atoms with Crippen LogP contribution in [-0.2, 0) is 23.0 Å². The molecule has 1 N–H and O–H groups in total. The van der Waals surface area contributed by atoms with Crippen molar-refractivity contribution in [1.82, 2.24) is 9.78 Å². The van der Waals surface area contributed by atoms with E-state index in [9.17, 15) is 8.42 Å². The van der Waals surface area contributed by atoms with Crippen LogP contribution < -0.4 is 4.72 Å². The highest BCUT2D eigenvalue weighted by molar-refractivity contribution is 7.92. The van der Waals surface area contributed by atoms with Crippen LogP contribution in [0.1, 0.15) is 30.0 Å². The summed E-state index contributed by atoms with van der Waals surface area (Å²) in [5.74, 6) is 0. The maximum absolute atomic E-state index is 12.5. The zero-order valence-corrected chi connectivity index (χ0v) is 15.8. The van der Waals surface area contributed by atoms with Gasteiger partial charge in [0.2, 0.25) is 0 Å². The SMILES string of the molecule is CCCc1ccc(S(=O)(=O)Nc2cnn(Cc3ccccc3C)c2)cc1. The van der Waals surface area contributed by atoms with Crippen molar-refractivity contribution in [3.05, 3.63) is 77.6 Å². The van der Waals surface area contributed by atoms with Gasteiger partial charge in [-0.15, -0.1) is 0 Å². The first-order chi connectivity index (χ1) is 12.5. The Bertz CT molecular complexity index is 976. The number of nitrogens with zero attached hydrogens (tertiary/aromatic N) is 2. The molecule has 0 aliphatic rings. The van der Waals surface area contributed by atoms with Crippen LogP contribution >= 0.6 is 0 Å². The van der Waals surface area contributed by atoms with Crippen LogP contribution in [0.3, 0.4) is 0 Å². The van der Waals surface area contributed by atoms with Crippen molar-refractivity contribution in [3.8, 4) is 0 Å². The smallest absolute Gasteiger partial charge is 0.261 e. The van der Waals surface area contributed by atoms with Crippen molar-refractivity contribution in [2.24, 2.45) is 0 Å². The first-order valence-electron chi connectivity index (χ1n) is 8.66. The quantitative estimate of drug-likeness (QED) is 0.685. The van der Waals surface area contributed by atoms with Gasteiger partial charge in [0.25, 0.3) is 10.0 Å². The second kappa shape index (κ2) is 7.74. The Hall–Kier alpha value is -2.60. The Morgan fingerprint density at radius 2 is 1.81 bits per heavy atom. The molecule has 26 heavy (non-hydrogen) atoms. The summed E-state index contributed by atoms with van der Waals surface area (Å²) >= 11 is 0. The molecular weight excluding hydrogens is 346 g/mol. The molecule has 0 fully saturated rings. The van der Waals surface area contributed by atoms with Crippen molar-refractivity contribution in [2.45, 2.75) is 38.1 Å². The lowest BCUT2D eigenvalue weighted by atomic mass is 10.1. The fraction of sp³-hybridized carbons (Fsp3) is 0.250. The molecule has 1 aromatic heterocycles. The molecule has 136 valence electrons. The van der Waals surface area contributed by atoms with E-state index in [1.54, 1.807) is 23.0 Å². The van der Waals surface area contributed by atoms with Gasteiger partial charge in [-0.1, -0.05) is 49.7 Å². The van der Waals surface area contributed by atoms with Gasteiger partial charge in [0.1, 0.15) is 0 Å². The highest BCUT2D eigenvalue weighted by atomic mass is 32.2. The van der Waals surface area contributed by atoms with E-state index in [1.165, 1.54) is 11.8 Å². The van der Waals surface area contributed by atoms with Crippen molar-refractivity contribution in [1.29, 1.82) is 0 Å². The third-order valence-electron chi connectivity index (χ3n) is 4.25. The molecule has 1 heterocycles. The van der Waals surface area contributed by atoms with Gasteiger partial charge in [-0.05, 0) is 42.2 Å². The Balaban J connectivity index is 1.72. The van der Waals surface area contributed by atoms with Crippen molar-refractivity contribution >= 4 is 15.7 Å². The summed E-state index contributed by atoms with van der Waals surface area (Å²) in [4.78, 5) is 0.254. The van der Waals surface area contributed by atoms with Crippen LogP contribution in [0.5, 0.6) is 0 Å². The number of nitrogens with one attached hydrogen (secondary N) is 1. The van der Waals surface area contributed by atoms with Gasteiger partial charge < -0.3 is 0 Å². The van der Waals surface area contributed by atoms with E-state index in [0.717, 1.165) is 24.0 Å².